The van der Waals surface area contributed by atoms with Crippen molar-refractivity contribution in [1.82, 2.24) is 4.90 Å². The summed E-state index contributed by atoms with van der Waals surface area (Å²) in [6.07, 6.45) is 4.60. The molecule has 412 valence electrons. The predicted molar refractivity (Wildman–Crippen MR) is 342 cm³/mol. The van der Waals surface area contributed by atoms with Gasteiger partial charge in [0.2, 0.25) is 11.4 Å². The fourth-order valence-electron chi connectivity index (χ4n) is 11.4. The molecule has 6 heteroatoms. The monoisotopic (exact) mass is 1070 g/mol. The molecule has 2 aromatic heterocycles. The Kier molecular flexibility index (Phi) is 16.8. The van der Waals surface area contributed by atoms with Crippen molar-refractivity contribution >= 4 is 22.7 Å². The lowest BCUT2D eigenvalue weighted by Gasteiger charge is -2.28. The van der Waals surface area contributed by atoms with Crippen LogP contribution in [0.3, 0.4) is 0 Å². The van der Waals surface area contributed by atoms with Crippen LogP contribution in [0.4, 0.5) is 22.7 Å². The van der Waals surface area contributed by atoms with Crippen molar-refractivity contribution in [3.8, 4) is 44.8 Å². The normalized spacial score (nSPS) is 15.9. The third-order valence-corrected chi connectivity index (χ3v) is 16.4. The summed E-state index contributed by atoms with van der Waals surface area (Å²) in [5, 5.41) is 0. The van der Waals surface area contributed by atoms with Crippen molar-refractivity contribution in [3.05, 3.63) is 238 Å². The first-order chi connectivity index (χ1) is 40.3. The minimum atomic E-state index is -2.21. The van der Waals surface area contributed by atoms with E-state index >= 15 is 0 Å². The Balaban J connectivity index is 0.000000152. The third-order valence-electron chi connectivity index (χ3n) is 16.4. The molecule has 11 rings (SSSR count). The summed E-state index contributed by atoms with van der Waals surface area (Å²) < 4.78 is 44.3. The number of pyridine rings is 2. The van der Waals surface area contributed by atoms with Crippen molar-refractivity contribution in [3.63, 3.8) is 0 Å². The first-order valence-electron chi connectivity index (χ1n) is 30.9. The Morgan fingerprint density at radius 2 is 0.887 bits per heavy atom. The molecule has 2 aliphatic heterocycles. The number of para-hydroxylation sites is 4. The van der Waals surface area contributed by atoms with Gasteiger partial charge in [0.05, 0.1) is 17.5 Å². The molecular formula is C74H88N6+2. The maximum Gasteiger partial charge on any atom is 0.212 e. The number of benzene rings is 7. The van der Waals surface area contributed by atoms with Gasteiger partial charge in [-0.15, -0.1) is 0 Å². The zero-order valence-corrected chi connectivity index (χ0v) is 50.3. The van der Waals surface area contributed by atoms with E-state index in [0.29, 0.717) is 29.0 Å². The summed E-state index contributed by atoms with van der Waals surface area (Å²) in [5.74, 6) is 0. The Morgan fingerprint density at radius 3 is 1.38 bits per heavy atom. The number of nitrogens with zero attached hydrogens (tertiary/aromatic N) is 6. The molecule has 0 amide bonds. The lowest BCUT2D eigenvalue weighted by Crippen LogP contribution is -2.35. The molecule has 0 N–H and O–H groups in total. The lowest BCUT2D eigenvalue weighted by atomic mass is 9.92. The predicted octanol–water partition coefficient (Wildman–Crippen LogP) is 16.7. The first-order valence-corrected chi connectivity index (χ1v) is 28.4. The highest BCUT2D eigenvalue weighted by molar-refractivity contribution is 5.84. The molecule has 0 bridgehead atoms. The van der Waals surface area contributed by atoms with E-state index in [2.05, 4.69) is 228 Å². The molecule has 0 saturated carbocycles. The quantitative estimate of drug-likeness (QED) is 0.141. The zero-order chi connectivity index (χ0) is 61.7. The molecule has 4 heterocycles. The van der Waals surface area contributed by atoms with Crippen molar-refractivity contribution in [2.75, 3.05) is 41.9 Å². The molecule has 0 aliphatic carbocycles. The second kappa shape index (κ2) is 26.0. The molecular weight excluding hydrogens is 973 g/mol. The lowest BCUT2D eigenvalue weighted by molar-refractivity contribution is -0.661. The van der Waals surface area contributed by atoms with Gasteiger partial charge in [-0.2, -0.15) is 0 Å². The summed E-state index contributed by atoms with van der Waals surface area (Å²) in [5.41, 5.74) is 24.7. The smallest absolute Gasteiger partial charge is 0.212 e. The van der Waals surface area contributed by atoms with Gasteiger partial charge in [0.1, 0.15) is 20.3 Å². The number of rotatable bonds is 8. The summed E-state index contributed by atoms with van der Waals surface area (Å²) in [6.45, 7) is 23.2. The van der Waals surface area contributed by atoms with Crippen molar-refractivity contribution in [2.45, 2.75) is 108 Å². The second-order valence-corrected chi connectivity index (χ2v) is 21.9. The van der Waals surface area contributed by atoms with E-state index in [0.717, 1.165) is 47.5 Å². The van der Waals surface area contributed by atoms with E-state index in [1.807, 2.05) is 74.1 Å². The van der Waals surface area contributed by atoms with Crippen molar-refractivity contribution in [1.29, 1.82) is 0 Å². The zero-order valence-electron chi connectivity index (χ0n) is 55.3. The first kappa shape index (κ1) is 51.6. The maximum absolute atomic E-state index is 8.06. The van der Waals surface area contributed by atoms with Crippen molar-refractivity contribution < 1.29 is 16.0 Å². The van der Waals surface area contributed by atoms with E-state index in [1.54, 1.807) is 13.0 Å². The molecule has 7 aromatic carbocycles. The summed E-state index contributed by atoms with van der Waals surface area (Å²) in [6, 6.07) is 58.6. The average Bonchev–Trinajstić information content (AvgIpc) is 2.73. The maximum atomic E-state index is 8.06. The number of aromatic nitrogens is 2. The molecule has 1 saturated heterocycles. The van der Waals surface area contributed by atoms with E-state index < -0.39 is 13.2 Å². The van der Waals surface area contributed by atoms with Crippen LogP contribution in [0.1, 0.15) is 90.2 Å². The van der Waals surface area contributed by atoms with E-state index in [-0.39, 0.29) is 0 Å². The van der Waals surface area contributed by atoms with Gasteiger partial charge in [-0.05, 0) is 192 Å². The van der Waals surface area contributed by atoms with Crippen LogP contribution < -0.4 is 23.8 Å². The number of fused-ring (bicyclic) bond motifs is 1. The van der Waals surface area contributed by atoms with Gasteiger partial charge >= 0.3 is 0 Å². The average molecular weight is 1070 g/mol. The highest BCUT2D eigenvalue weighted by Gasteiger charge is 2.32. The molecule has 80 heavy (non-hydrogen) atoms. The van der Waals surface area contributed by atoms with E-state index in [4.69, 9.17) is 6.85 Å². The molecule has 2 unspecified atom stereocenters. The minimum absolute atomic E-state index is 0.339. The summed E-state index contributed by atoms with van der Waals surface area (Å²) in [4.78, 5) is 9.58. The highest BCUT2D eigenvalue weighted by Crippen LogP contribution is 2.44. The molecule has 2 atom stereocenters. The number of anilines is 4. The van der Waals surface area contributed by atoms with Crippen molar-refractivity contribution in [2.24, 2.45) is 14.1 Å². The Hall–Kier alpha value is -7.80. The fraction of sp³-hybridized carbons (Fsp3) is 0.297. The number of aryl methyl sites for hydroxylation is 12. The number of hydrogen-bond acceptors (Lipinski definition) is 4. The largest absolute Gasteiger partial charge is 0.355 e. The van der Waals surface area contributed by atoms with E-state index in [9.17, 15) is 0 Å². The molecule has 6 nitrogen and oxygen atoms in total. The minimum Gasteiger partial charge on any atom is -0.355 e. The van der Waals surface area contributed by atoms with Gasteiger partial charge in [0.25, 0.3) is 0 Å². The Morgan fingerprint density at radius 1 is 0.450 bits per heavy atom. The molecule has 0 radical (unpaired) electrons. The fourth-order valence-corrected chi connectivity index (χ4v) is 11.4. The third kappa shape index (κ3) is 12.8. The van der Waals surface area contributed by atoms with Gasteiger partial charge in [0, 0.05) is 72.8 Å². The van der Waals surface area contributed by atoms with Crippen LogP contribution in [0.15, 0.2) is 182 Å². The Bertz CT molecular complexity index is 3780. The molecule has 9 aromatic rings. The second-order valence-electron chi connectivity index (χ2n) is 21.9. The van der Waals surface area contributed by atoms with Crippen LogP contribution >= 0.6 is 0 Å². The van der Waals surface area contributed by atoms with E-state index in [1.165, 1.54) is 78.5 Å². The molecule has 2 aliphatic rings. The van der Waals surface area contributed by atoms with Crippen LogP contribution in [0, 0.1) is 55.3 Å². The van der Waals surface area contributed by atoms with Crippen LogP contribution in [-0.2, 0) is 26.9 Å². The van der Waals surface area contributed by atoms with Gasteiger partial charge in [-0.25, -0.2) is 9.13 Å². The Labute approximate surface area is 488 Å². The SMILES string of the molecule is CCc1c[n+](C)c(-c2cc(-c3ccccc3)c(C)cc2C)cc1C.Cc1ccccc1N1CCN(C)C1C.Cc1ccccc1N1c2ccccc2N(C)C1C.[2H]C([2H])([2H])c1cc(C)c(-c2cc(C)c(C([2H])([2H])C)c[n+]2C)cc1-c1ccccc1. The van der Waals surface area contributed by atoms with Gasteiger partial charge < -0.3 is 14.7 Å². The van der Waals surface area contributed by atoms with Crippen LogP contribution in [0.5, 0.6) is 0 Å². The standard InChI is InChI=1S/2C23H26N.C16H18N2.C12H18N2/c2*1-6-19-15-24(5)23(13-16(19)2)22-14-21(17(3)12-18(22)4)20-10-8-7-9-11-20;1-12-8-4-5-9-14(12)18-13(2)17(3)15-10-6-7-11-16(15)18;1-10-6-4-5-7-12(10)14-9-8-13(3)11(14)2/h2*7-15H,6H2,1-5H3;4-11,13H,1-3H3;4-7,11H,8-9H2,1-3H3/q2*+1;;/i3D3,6D2;;;. The van der Waals surface area contributed by atoms with Gasteiger partial charge in [-0.3, -0.25) is 4.90 Å². The number of hydrogen-bond donors (Lipinski definition) is 0. The van der Waals surface area contributed by atoms with Crippen LogP contribution in [-0.4, -0.2) is 44.4 Å². The molecule has 0 spiro atoms. The summed E-state index contributed by atoms with van der Waals surface area (Å²) >= 11 is 0. The summed E-state index contributed by atoms with van der Waals surface area (Å²) in [7, 11) is 8.38. The number of likely N-dealkylation sites (N-methyl/N-ethyl adjacent to an activating group) is 1. The topological polar surface area (TPSA) is 20.7 Å². The molecule has 1 fully saturated rings. The van der Waals surface area contributed by atoms with Gasteiger partial charge in [-0.1, -0.05) is 135 Å². The van der Waals surface area contributed by atoms with Crippen LogP contribution in [0.2, 0.25) is 0 Å². The highest BCUT2D eigenvalue weighted by atomic mass is 15.4. The van der Waals surface area contributed by atoms with Gasteiger partial charge in [0.15, 0.2) is 12.4 Å². The van der Waals surface area contributed by atoms with Crippen LogP contribution in [0.25, 0.3) is 44.8 Å².